The second-order valence-corrected chi connectivity index (χ2v) is 4.28. The van der Waals surface area contributed by atoms with Crippen LogP contribution < -0.4 is 16.4 Å². The molecule has 5 nitrogen and oxygen atoms in total. The standard InChI is InChI=1S/C13H15F3N4O/c1-7(2)5-18-13(17)19-6-10(21)20-9-4-3-8(14)11(15)12(9)16/h3-4H,1,5-6H2,2H3,(H,20,21)(H3,17,18,19). The summed E-state index contributed by atoms with van der Waals surface area (Å²) >= 11 is 0. The number of hydrogen-bond donors (Lipinski definition) is 3. The highest BCUT2D eigenvalue weighted by Gasteiger charge is 2.14. The SMILES string of the molecule is C=C(C)CNC(N)=NCC(=O)Nc1ccc(F)c(F)c1F. The van der Waals surface area contributed by atoms with Gasteiger partial charge in [-0.1, -0.05) is 12.2 Å². The highest BCUT2D eigenvalue weighted by molar-refractivity contribution is 5.94. The van der Waals surface area contributed by atoms with E-state index in [9.17, 15) is 18.0 Å². The maximum atomic E-state index is 13.3. The molecule has 0 heterocycles. The first-order chi connectivity index (χ1) is 9.81. The van der Waals surface area contributed by atoms with Gasteiger partial charge < -0.3 is 16.4 Å². The van der Waals surface area contributed by atoms with Gasteiger partial charge in [-0.2, -0.15) is 0 Å². The number of aliphatic imine (C=N–C) groups is 1. The number of guanidine groups is 1. The van der Waals surface area contributed by atoms with E-state index in [-0.39, 0.29) is 5.96 Å². The Morgan fingerprint density at radius 1 is 1.33 bits per heavy atom. The summed E-state index contributed by atoms with van der Waals surface area (Å²) in [5, 5.41) is 4.76. The van der Waals surface area contributed by atoms with Gasteiger partial charge in [0.05, 0.1) is 5.69 Å². The van der Waals surface area contributed by atoms with Crippen LogP contribution in [-0.4, -0.2) is 25.0 Å². The lowest BCUT2D eigenvalue weighted by atomic mass is 10.3. The summed E-state index contributed by atoms with van der Waals surface area (Å²) < 4.78 is 39.0. The predicted octanol–water partition coefficient (Wildman–Crippen LogP) is 1.52. The van der Waals surface area contributed by atoms with Crippen LogP contribution in [0.5, 0.6) is 0 Å². The van der Waals surface area contributed by atoms with Crippen LogP contribution in [0.15, 0.2) is 29.3 Å². The molecule has 0 atom stereocenters. The van der Waals surface area contributed by atoms with Crippen LogP contribution in [0.4, 0.5) is 18.9 Å². The van der Waals surface area contributed by atoms with Crippen molar-refractivity contribution >= 4 is 17.6 Å². The number of hydrogen-bond acceptors (Lipinski definition) is 2. The van der Waals surface area contributed by atoms with Gasteiger partial charge in [0.1, 0.15) is 6.54 Å². The Hall–Kier alpha value is -2.51. The molecule has 1 aromatic rings. The number of anilines is 1. The molecular weight excluding hydrogens is 285 g/mol. The third kappa shape index (κ3) is 5.17. The van der Waals surface area contributed by atoms with E-state index in [4.69, 9.17) is 5.73 Å². The summed E-state index contributed by atoms with van der Waals surface area (Å²) in [6.45, 7) is 5.42. The third-order valence-corrected chi connectivity index (χ3v) is 2.27. The largest absolute Gasteiger partial charge is 0.370 e. The average Bonchev–Trinajstić information content (AvgIpc) is 2.43. The van der Waals surface area contributed by atoms with Gasteiger partial charge in [0.2, 0.25) is 5.91 Å². The molecule has 0 aliphatic rings. The minimum atomic E-state index is -1.65. The van der Waals surface area contributed by atoms with E-state index in [0.717, 1.165) is 11.6 Å². The molecule has 21 heavy (non-hydrogen) atoms. The number of carbonyl (C=O) groups is 1. The Balaban J connectivity index is 2.60. The summed E-state index contributed by atoms with van der Waals surface area (Å²) in [4.78, 5) is 15.2. The van der Waals surface area contributed by atoms with Crippen molar-refractivity contribution in [3.63, 3.8) is 0 Å². The predicted molar refractivity (Wildman–Crippen MR) is 74.3 cm³/mol. The fourth-order valence-electron chi connectivity index (χ4n) is 1.27. The van der Waals surface area contributed by atoms with Gasteiger partial charge in [0.15, 0.2) is 23.4 Å². The molecule has 0 aliphatic heterocycles. The topological polar surface area (TPSA) is 79.5 Å². The highest BCUT2D eigenvalue weighted by Crippen LogP contribution is 2.19. The van der Waals surface area contributed by atoms with Gasteiger partial charge in [0, 0.05) is 6.54 Å². The van der Waals surface area contributed by atoms with E-state index in [0.29, 0.717) is 12.6 Å². The Morgan fingerprint density at radius 2 is 2.00 bits per heavy atom. The Bertz CT molecular complexity index is 587. The summed E-state index contributed by atoms with van der Waals surface area (Å²) in [7, 11) is 0. The summed E-state index contributed by atoms with van der Waals surface area (Å²) in [5.74, 6) is -5.17. The molecule has 0 aromatic heterocycles. The van der Waals surface area contributed by atoms with Crippen LogP contribution in [-0.2, 0) is 4.79 Å². The zero-order chi connectivity index (χ0) is 16.0. The number of halogens is 3. The van der Waals surface area contributed by atoms with Gasteiger partial charge >= 0.3 is 0 Å². The normalized spacial score (nSPS) is 11.1. The number of benzene rings is 1. The van der Waals surface area contributed by atoms with Crippen molar-refractivity contribution in [3.8, 4) is 0 Å². The second kappa shape index (κ2) is 7.32. The van der Waals surface area contributed by atoms with Crippen molar-refractivity contribution in [1.82, 2.24) is 5.32 Å². The minimum Gasteiger partial charge on any atom is -0.370 e. The summed E-state index contributed by atoms with van der Waals surface area (Å²) in [6, 6.07) is 1.62. The lowest BCUT2D eigenvalue weighted by Crippen LogP contribution is -2.33. The van der Waals surface area contributed by atoms with E-state index in [1.54, 1.807) is 6.92 Å². The lowest BCUT2D eigenvalue weighted by Gasteiger charge is -2.07. The van der Waals surface area contributed by atoms with Gasteiger partial charge in [-0.3, -0.25) is 4.79 Å². The van der Waals surface area contributed by atoms with Crippen molar-refractivity contribution in [3.05, 3.63) is 41.7 Å². The number of rotatable bonds is 5. The molecule has 1 rings (SSSR count). The first kappa shape index (κ1) is 16.5. The summed E-state index contributed by atoms with van der Waals surface area (Å²) in [6.07, 6.45) is 0. The zero-order valence-electron chi connectivity index (χ0n) is 11.3. The molecule has 8 heteroatoms. The van der Waals surface area contributed by atoms with E-state index in [1.807, 2.05) is 0 Å². The fraction of sp³-hybridized carbons (Fsp3) is 0.231. The minimum absolute atomic E-state index is 0.0129. The molecule has 0 bridgehead atoms. The molecule has 0 fully saturated rings. The van der Waals surface area contributed by atoms with Gasteiger partial charge in [-0.15, -0.1) is 0 Å². The van der Waals surface area contributed by atoms with E-state index in [2.05, 4.69) is 22.2 Å². The first-order valence-electron chi connectivity index (χ1n) is 5.92. The average molecular weight is 300 g/mol. The number of nitrogens with one attached hydrogen (secondary N) is 2. The molecule has 0 aliphatic carbocycles. The van der Waals surface area contributed by atoms with E-state index in [1.165, 1.54) is 0 Å². The van der Waals surface area contributed by atoms with Crippen molar-refractivity contribution in [2.45, 2.75) is 6.92 Å². The third-order valence-electron chi connectivity index (χ3n) is 2.27. The number of amides is 1. The zero-order valence-corrected chi connectivity index (χ0v) is 11.3. The quantitative estimate of drug-likeness (QED) is 0.334. The van der Waals surface area contributed by atoms with Crippen molar-refractivity contribution in [1.29, 1.82) is 0 Å². The van der Waals surface area contributed by atoms with Crippen molar-refractivity contribution in [2.24, 2.45) is 10.7 Å². The van der Waals surface area contributed by atoms with Crippen LogP contribution in [0.2, 0.25) is 0 Å². The first-order valence-corrected chi connectivity index (χ1v) is 5.92. The van der Waals surface area contributed by atoms with Crippen LogP contribution >= 0.6 is 0 Å². The van der Waals surface area contributed by atoms with Crippen LogP contribution in [0.1, 0.15) is 6.92 Å². The van der Waals surface area contributed by atoms with Gasteiger partial charge in [-0.05, 0) is 19.1 Å². The Morgan fingerprint density at radius 3 is 2.62 bits per heavy atom. The smallest absolute Gasteiger partial charge is 0.246 e. The Labute approximate surface area is 119 Å². The molecule has 1 aromatic carbocycles. The molecular formula is C13H15F3N4O. The van der Waals surface area contributed by atoms with E-state index < -0.39 is 35.6 Å². The monoisotopic (exact) mass is 300 g/mol. The van der Waals surface area contributed by atoms with Gasteiger partial charge in [0.25, 0.3) is 0 Å². The number of nitrogens with zero attached hydrogens (tertiary/aromatic N) is 1. The number of nitrogens with two attached hydrogens (primary N) is 1. The molecule has 114 valence electrons. The second-order valence-electron chi connectivity index (χ2n) is 4.28. The van der Waals surface area contributed by atoms with Crippen LogP contribution in [0, 0.1) is 17.5 Å². The number of carbonyl (C=O) groups excluding carboxylic acids is 1. The maximum Gasteiger partial charge on any atom is 0.246 e. The fourth-order valence-corrected chi connectivity index (χ4v) is 1.27. The molecule has 0 unspecified atom stereocenters. The molecule has 4 N–H and O–H groups in total. The molecule has 0 saturated carbocycles. The maximum absolute atomic E-state index is 13.3. The lowest BCUT2D eigenvalue weighted by molar-refractivity contribution is -0.114. The van der Waals surface area contributed by atoms with E-state index >= 15 is 0 Å². The van der Waals surface area contributed by atoms with Gasteiger partial charge in [-0.25, -0.2) is 18.2 Å². The molecule has 1 amide bonds. The van der Waals surface area contributed by atoms with Crippen molar-refractivity contribution in [2.75, 3.05) is 18.4 Å². The van der Waals surface area contributed by atoms with Crippen LogP contribution in [0.25, 0.3) is 0 Å². The molecule has 0 radical (unpaired) electrons. The summed E-state index contributed by atoms with van der Waals surface area (Å²) in [5.41, 5.74) is 5.82. The highest BCUT2D eigenvalue weighted by atomic mass is 19.2. The molecule has 0 saturated heterocycles. The Kier molecular flexibility index (Phi) is 5.77. The van der Waals surface area contributed by atoms with Crippen molar-refractivity contribution < 1.29 is 18.0 Å². The molecule has 0 spiro atoms. The van der Waals surface area contributed by atoms with Crippen LogP contribution in [0.3, 0.4) is 0 Å².